The van der Waals surface area contributed by atoms with Gasteiger partial charge in [0.1, 0.15) is 0 Å². The van der Waals surface area contributed by atoms with Crippen molar-refractivity contribution in [2.75, 3.05) is 0 Å². The maximum absolute atomic E-state index is 2.28. The third kappa shape index (κ3) is 2.49. The molecule has 0 aliphatic heterocycles. The SMILES string of the molecule is C/C=C/CC(C)c1ccc(C)s1. The van der Waals surface area contributed by atoms with Gasteiger partial charge in [-0.05, 0) is 38.3 Å². The van der Waals surface area contributed by atoms with Crippen LogP contribution in [0.1, 0.15) is 35.9 Å². The number of allylic oxidation sites excluding steroid dienone is 2. The molecular formula is C11H16S. The normalized spacial score (nSPS) is 13.9. The van der Waals surface area contributed by atoms with Crippen LogP contribution < -0.4 is 0 Å². The van der Waals surface area contributed by atoms with E-state index in [0.717, 1.165) is 6.42 Å². The van der Waals surface area contributed by atoms with E-state index in [1.807, 2.05) is 11.3 Å². The fraction of sp³-hybridized carbons (Fsp3) is 0.455. The molecule has 0 N–H and O–H groups in total. The molecule has 1 aromatic rings. The molecule has 1 atom stereocenters. The van der Waals surface area contributed by atoms with Gasteiger partial charge in [-0.2, -0.15) is 0 Å². The summed E-state index contributed by atoms with van der Waals surface area (Å²) in [6, 6.07) is 4.44. The van der Waals surface area contributed by atoms with Crippen molar-refractivity contribution in [1.29, 1.82) is 0 Å². The van der Waals surface area contributed by atoms with Gasteiger partial charge in [-0.3, -0.25) is 0 Å². The fourth-order valence-corrected chi connectivity index (χ4v) is 2.12. The Morgan fingerprint density at radius 3 is 2.75 bits per heavy atom. The van der Waals surface area contributed by atoms with E-state index >= 15 is 0 Å². The van der Waals surface area contributed by atoms with E-state index < -0.39 is 0 Å². The summed E-state index contributed by atoms with van der Waals surface area (Å²) in [5.41, 5.74) is 0. The highest BCUT2D eigenvalue weighted by atomic mass is 32.1. The van der Waals surface area contributed by atoms with E-state index in [1.54, 1.807) is 0 Å². The molecule has 66 valence electrons. The average Bonchev–Trinajstić information content (AvgIpc) is 2.47. The van der Waals surface area contributed by atoms with E-state index in [1.165, 1.54) is 9.75 Å². The third-order valence-electron chi connectivity index (χ3n) is 1.97. The first-order valence-corrected chi connectivity index (χ1v) is 5.23. The molecule has 0 nitrogen and oxygen atoms in total. The van der Waals surface area contributed by atoms with Crippen LogP contribution in [0.5, 0.6) is 0 Å². The van der Waals surface area contributed by atoms with Crippen LogP contribution in [-0.4, -0.2) is 0 Å². The minimum absolute atomic E-state index is 0.680. The van der Waals surface area contributed by atoms with Gasteiger partial charge in [0.2, 0.25) is 0 Å². The van der Waals surface area contributed by atoms with Crippen molar-refractivity contribution in [3.63, 3.8) is 0 Å². The van der Waals surface area contributed by atoms with Gasteiger partial charge in [0.25, 0.3) is 0 Å². The standard InChI is InChI=1S/C11H16S/c1-4-5-6-9(2)11-8-7-10(3)12-11/h4-5,7-9H,6H2,1-3H3/b5-4+. The van der Waals surface area contributed by atoms with Gasteiger partial charge in [0.05, 0.1) is 0 Å². The van der Waals surface area contributed by atoms with Gasteiger partial charge in [-0.1, -0.05) is 19.1 Å². The van der Waals surface area contributed by atoms with Gasteiger partial charge in [-0.25, -0.2) is 0 Å². The van der Waals surface area contributed by atoms with Crippen molar-refractivity contribution >= 4 is 11.3 Å². The second-order valence-electron chi connectivity index (χ2n) is 3.15. The first-order valence-electron chi connectivity index (χ1n) is 4.41. The summed E-state index contributed by atoms with van der Waals surface area (Å²) in [5, 5.41) is 0. The van der Waals surface area contributed by atoms with Crippen molar-refractivity contribution in [2.45, 2.75) is 33.1 Å². The molecule has 1 heteroatoms. The molecule has 0 aliphatic carbocycles. The Balaban J connectivity index is 2.58. The molecule has 0 saturated heterocycles. The van der Waals surface area contributed by atoms with E-state index in [2.05, 4.69) is 45.1 Å². The second-order valence-corrected chi connectivity index (χ2v) is 4.47. The second kappa shape index (κ2) is 4.46. The molecule has 0 spiro atoms. The predicted octanol–water partition coefficient (Wildman–Crippen LogP) is 4.13. The number of aryl methyl sites for hydroxylation is 1. The molecular weight excluding hydrogens is 164 g/mol. The van der Waals surface area contributed by atoms with Crippen LogP contribution in [0, 0.1) is 6.92 Å². The van der Waals surface area contributed by atoms with Gasteiger partial charge in [0.15, 0.2) is 0 Å². The molecule has 0 aromatic carbocycles. The van der Waals surface area contributed by atoms with Crippen molar-refractivity contribution in [3.8, 4) is 0 Å². The van der Waals surface area contributed by atoms with Crippen LogP contribution in [0.25, 0.3) is 0 Å². The zero-order valence-electron chi connectivity index (χ0n) is 8.00. The fourth-order valence-electron chi connectivity index (χ4n) is 1.17. The topological polar surface area (TPSA) is 0 Å². The summed E-state index contributed by atoms with van der Waals surface area (Å²) in [7, 11) is 0. The van der Waals surface area contributed by atoms with Crippen molar-refractivity contribution in [1.82, 2.24) is 0 Å². The number of hydrogen-bond acceptors (Lipinski definition) is 1. The summed E-state index contributed by atoms with van der Waals surface area (Å²) in [5.74, 6) is 0.680. The van der Waals surface area contributed by atoms with Crippen molar-refractivity contribution in [3.05, 3.63) is 34.0 Å². The predicted molar refractivity (Wildman–Crippen MR) is 56.9 cm³/mol. The van der Waals surface area contributed by atoms with Crippen LogP contribution in [0.4, 0.5) is 0 Å². The zero-order chi connectivity index (χ0) is 8.97. The van der Waals surface area contributed by atoms with Crippen molar-refractivity contribution < 1.29 is 0 Å². The summed E-state index contributed by atoms with van der Waals surface area (Å²) >= 11 is 1.91. The lowest BCUT2D eigenvalue weighted by atomic mass is 10.1. The molecule has 0 fully saturated rings. The largest absolute Gasteiger partial charge is 0.145 e. The summed E-state index contributed by atoms with van der Waals surface area (Å²) in [6.45, 7) is 6.52. The lowest BCUT2D eigenvalue weighted by Gasteiger charge is -2.04. The maximum atomic E-state index is 2.28. The molecule has 0 amide bonds. The third-order valence-corrected chi connectivity index (χ3v) is 3.20. The summed E-state index contributed by atoms with van der Waals surface area (Å²) < 4.78 is 0. The molecule has 1 rings (SSSR count). The van der Waals surface area contributed by atoms with Gasteiger partial charge in [-0.15, -0.1) is 11.3 Å². The molecule has 1 unspecified atom stereocenters. The van der Waals surface area contributed by atoms with Gasteiger partial charge >= 0.3 is 0 Å². The first-order chi connectivity index (χ1) is 5.74. The average molecular weight is 180 g/mol. The monoisotopic (exact) mass is 180 g/mol. The molecule has 0 saturated carbocycles. The summed E-state index contributed by atoms with van der Waals surface area (Å²) in [4.78, 5) is 2.92. The van der Waals surface area contributed by atoms with E-state index in [-0.39, 0.29) is 0 Å². The zero-order valence-corrected chi connectivity index (χ0v) is 8.82. The quantitative estimate of drug-likeness (QED) is 0.614. The summed E-state index contributed by atoms with van der Waals surface area (Å²) in [6.07, 6.45) is 5.52. The Bertz CT molecular complexity index is 258. The van der Waals surface area contributed by atoms with Crippen LogP contribution >= 0.6 is 11.3 Å². The van der Waals surface area contributed by atoms with E-state index in [9.17, 15) is 0 Å². The Hall–Kier alpha value is -0.560. The number of hydrogen-bond donors (Lipinski definition) is 0. The minimum atomic E-state index is 0.680. The molecule has 12 heavy (non-hydrogen) atoms. The van der Waals surface area contributed by atoms with Gasteiger partial charge in [0, 0.05) is 9.75 Å². The van der Waals surface area contributed by atoms with E-state index in [0.29, 0.717) is 5.92 Å². The molecule has 0 radical (unpaired) electrons. The van der Waals surface area contributed by atoms with Crippen LogP contribution in [0.3, 0.4) is 0 Å². The number of rotatable bonds is 3. The Morgan fingerprint density at radius 2 is 2.25 bits per heavy atom. The van der Waals surface area contributed by atoms with Crippen LogP contribution in [0.2, 0.25) is 0 Å². The van der Waals surface area contributed by atoms with Crippen LogP contribution in [0.15, 0.2) is 24.3 Å². The van der Waals surface area contributed by atoms with Gasteiger partial charge < -0.3 is 0 Å². The smallest absolute Gasteiger partial charge is 0.00793 e. The van der Waals surface area contributed by atoms with Crippen LogP contribution in [-0.2, 0) is 0 Å². The Morgan fingerprint density at radius 1 is 1.50 bits per heavy atom. The lowest BCUT2D eigenvalue weighted by Crippen LogP contribution is -1.85. The number of thiophene rings is 1. The minimum Gasteiger partial charge on any atom is -0.145 e. The molecule has 1 aromatic heterocycles. The highest BCUT2D eigenvalue weighted by Gasteiger charge is 2.04. The highest BCUT2D eigenvalue weighted by Crippen LogP contribution is 2.26. The first kappa shape index (κ1) is 9.53. The molecule has 0 bridgehead atoms. The maximum Gasteiger partial charge on any atom is 0.00793 e. The molecule has 1 heterocycles. The highest BCUT2D eigenvalue weighted by molar-refractivity contribution is 7.12. The Labute approximate surface area is 78.9 Å². The van der Waals surface area contributed by atoms with Crippen molar-refractivity contribution in [2.24, 2.45) is 0 Å². The van der Waals surface area contributed by atoms with E-state index in [4.69, 9.17) is 0 Å². The Kier molecular flexibility index (Phi) is 3.54. The lowest BCUT2D eigenvalue weighted by molar-refractivity contribution is 0.797. The molecule has 0 aliphatic rings.